The minimum absolute atomic E-state index is 0.126. The van der Waals surface area contributed by atoms with Crippen molar-refractivity contribution in [1.82, 2.24) is 0 Å². The van der Waals surface area contributed by atoms with Crippen LogP contribution in [-0.2, 0) is 11.2 Å². The highest BCUT2D eigenvalue weighted by Crippen LogP contribution is 2.55. The van der Waals surface area contributed by atoms with Crippen LogP contribution in [-0.4, -0.2) is 20.0 Å². The van der Waals surface area contributed by atoms with Gasteiger partial charge in [0.15, 0.2) is 17.3 Å². The van der Waals surface area contributed by atoms with Crippen LogP contribution < -0.4 is 9.47 Å². The Labute approximate surface area is 125 Å². The van der Waals surface area contributed by atoms with Gasteiger partial charge in [-0.1, -0.05) is 13.0 Å². The lowest BCUT2D eigenvalue weighted by Crippen LogP contribution is -2.31. The predicted octanol–water partition coefficient (Wildman–Crippen LogP) is 3.79. The Morgan fingerprint density at radius 1 is 1.14 bits per heavy atom. The molecule has 0 aliphatic heterocycles. The van der Waals surface area contributed by atoms with Gasteiger partial charge in [-0.05, 0) is 54.4 Å². The summed E-state index contributed by atoms with van der Waals surface area (Å²) in [6.07, 6.45) is 6.69. The van der Waals surface area contributed by atoms with Gasteiger partial charge in [0.25, 0.3) is 0 Å². The molecule has 0 radical (unpaired) electrons. The number of hydrogen-bond donors (Lipinski definition) is 0. The molecule has 3 nitrogen and oxygen atoms in total. The molecule has 2 aliphatic carbocycles. The van der Waals surface area contributed by atoms with Crippen molar-refractivity contribution < 1.29 is 14.3 Å². The molecule has 0 saturated carbocycles. The zero-order valence-corrected chi connectivity index (χ0v) is 13.0. The molecule has 3 rings (SSSR count). The molecule has 0 aromatic heterocycles. The summed E-state index contributed by atoms with van der Waals surface area (Å²) in [4.78, 5) is 12.0. The number of allylic oxidation sites excluding steroid dienone is 2. The van der Waals surface area contributed by atoms with Gasteiger partial charge in [-0.25, -0.2) is 0 Å². The van der Waals surface area contributed by atoms with Crippen LogP contribution >= 0.6 is 0 Å². The van der Waals surface area contributed by atoms with Crippen LogP contribution in [0.4, 0.5) is 0 Å². The fraction of sp³-hybridized carbons (Fsp3) is 0.500. The fourth-order valence-electron chi connectivity index (χ4n) is 3.87. The molecule has 0 saturated heterocycles. The summed E-state index contributed by atoms with van der Waals surface area (Å²) in [6, 6.07) is 4.07. The van der Waals surface area contributed by atoms with E-state index in [4.69, 9.17) is 9.47 Å². The second-order valence-corrected chi connectivity index (χ2v) is 5.99. The molecular weight excluding hydrogens is 264 g/mol. The third-order valence-corrected chi connectivity index (χ3v) is 5.18. The Morgan fingerprint density at radius 3 is 2.57 bits per heavy atom. The molecule has 1 aromatic rings. The van der Waals surface area contributed by atoms with Crippen molar-refractivity contribution in [3.63, 3.8) is 0 Å². The van der Waals surface area contributed by atoms with E-state index in [1.165, 1.54) is 11.1 Å². The zero-order valence-electron chi connectivity index (χ0n) is 13.0. The maximum atomic E-state index is 12.0. The lowest BCUT2D eigenvalue weighted by Gasteiger charge is -2.43. The topological polar surface area (TPSA) is 35.5 Å². The average molecular weight is 286 g/mol. The highest BCUT2D eigenvalue weighted by molar-refractivity contribution is 6.01. The van der Waals surface area contributed by atoms with E-state index in [1.807, 2.05) is 12.1 Å². The van der Waals surface area contributed by atoms with Crippen molar-refractivity contribution in [2.45, 2.75) is 39.0 Å². The Hall–Kier alpha value is -1.77. The van der Waals surface area contributed by atoms with Gasteiger partial charge in [0, 0.05) is 12.0 Å². The van der Waals surface area contributed by atoms with Crippen LogP contribution in [0.2, 0.25) is 0 Å². The number of carbonyl (C=O) groups is 1. The van der Waals surface area contributed by atoms with Crippen LogP contribution in [0.1, 0.15) is 43.7 Å². The smallest absolute Gasteiger partial charge is 0.168 e. The number of hydrogen-bond acceptors (Lipinski definition) is 3. The van der Waals surface area contributed by atoms with E-state index in [-0.39, 0.29) is 11.2 Å². The van der Waals surface area contributed by atoms with Crippen molar-refractivity contribution >= 4 is 11.4 Å². The van der Waals surface area contributed by atoms with Crippen molar-refractivity contribution in [3.8, 4) is 11.5 Å². The van der Waals surface area contributed by atoms with E-state index in [9.17, 15) is 4.79 Å². The van der Waals surface area contributed by atoms with Gasteiger partial charge in [0.05, 0.1) is 14.2 Å². The first kappa shape index (κ1) is 14.2. The van der Waals surface area contributed by atoms with Gasteiger partial charge >= 0.3 is 0 Å². The van der Waals surface area contributed by atoms with E-state index in [2.05, 4.69) is 13.0 Å². The number of aryl methyl sites for hydroxylation is 1. The standard InChI is InChI=1S/C18H22O3/c1-4-18-9-7-12-5-6-15(20-2)17(21-3)16(12)14(18)11-13(19)8-10-18/h5-6,11H,4,7-10H2,1-3H3. The number of fused-ring (bicyclic) bond motifs is 3. The second kappa shape index (κ2) is 5.21. The van der Waals surface area contributed by atoms with E-state index < -0.39 is 0 Å². The van der Waals surface area contributed by atoms with Crippen LogP contribution in [0.3, 0.4) is 0 Å². The summed E-state index contributed by atoms with van der Waals surface area (Å²) in [5, 5.41) is 0. The molecule has 3 heteroatoms. The second-order valence-electron chi connectivity index (χ2n) is 5.99. The molecule has 0 fully saturated rings. The van der Waals surface area contributed by atoms with E-state index >= 15 is 0 Å². The van der Waals surface area contributed by atoms with Crippen molar-refractivity contribution in [2.24, 2.45) is 5.41 Å². The molecule has 0 spiro atoms. The van der Waals surface area contributed by atoms with Crippen molar-refractivity contribution in [3.05, 3.63) is 29.3 Å². The number of methoxy groups -OCH3 is 2. The average Bonchev–Trinajstić information content (AvgIpc) is 2.53. The molecule has 21 heavy (non-hydrogen) atoms. The van der Waals surface area contributed by atoms with Crippen LogP contribution in [0.15, 0.2) is 18.2 Å². The minimum atomic E-state index is 0.126. The normalized spacial score (nSPS) is 24.0. The lowest BCUT2D eigenvalue weighted by molar-refractivity contribution is -0.115. The number of rotatable bonds is 3. The minimum Gasteiger partial charge on any atom is -0.493 e. The fourth-order valence-corrected chi connectivity index (χ4v) is 3.87. The first-order chi connectivity index (χ1) is 10.1. The number of ketones is 1. The molecule has 0 bridgehead atoms. The van der Waals surface area contributed by atoms with Gasteiger partial charge < -0.3 is 9.47 Å². The third-order valence-electron chi connectivity index (χ3n) is 5.18. The van der Waals surface area contributed by atoms with Gasteiger partial charge in [-0.3, -0.25) is 4.79 Å². The molecule has 0 heterocycles. The molecular formula is C18H22O3. The monoisotopic (exact) mass is 286 g/mol. The summed E-state index contributed by atoms with van der Waals surface area (Å²) in [5.74, 6) is 1.74. The van der Waals surface area contributed by atoms with E-state index in [0.717, 1.165) is 42.7 Å². The molecule has 0 amide bonds. The number of ether oxygens (including phenoxy) is 2. The quantitative estimate of drug-likeness (QED) is 0.848. The number of benzene rings is 1. The largest absolute Gasteiger partial charge is 0.493 e. The maximum Gasteiger partial charge on any atom is 0.168 e. The summed E-state index contributed by atoms with van der Waals surface area (Å²) in [5.41, 5.74) is 3.65. The highest BCUT2D eigenvalue weighted by atomic mass is 16.5. The third kappa shape index (κ3) is 2.06. The molecule has 112 valence electrons. The first-order valence-corrected chi connectivity index (χ1v) is 7.64. The molecule has 1 unspecified atom stereocenters. The SMILES string of the molecule is CCC12CCC(=O)C=C1c1c(ccc(OC)c1OC)CC2. The van der Waals surface area contributed by atoms with Gasteiger partial charge in [0.1, 0.15) is 0 Å². The number of carbonyl (C=O) groups excluding carboxylic acids is 1. The van der Waals surface area contributed by atoms with Crippen LogP contribution in [0.25, 0.3) is 5.57 Å². The van der Waals surface area contributed by atoms with Crippen molar-refractivity contribution in [1.29, 1.82) is 0 Å². The highest BCUT2D eigenvalue weighted by Gasteiger charge is 2.42. The summed E-state index contributed by atoms with van der Waals surface area (Å²) in [7, 11) is 3.33. The van der Waals surface area contributed by atoms with Gasteiger partial charge in [-0.2, -0.15) is 0 Å². The summed E-state index contributed by atoms with van der Waals surface area (Å²) >= 11 is 0. The van der Waals surface area contributed by atoms with E-state index in [0.29, 0.717) is 6.42 Å². The maximum absolute atomic E-state index is 12.0. The Balaban J connectivity index is 2.26. The Bertz CT molecular complexity index is 615. The summed E-state index contributed by atoms with van der Waals surface area (Å²) < 4.78 is 11.1. The molecule has 1 atom stereocenters. The van der Waals surface area contributed by atoms with E-state index in [1.54, 1.807) is 14.2 Å². The van der Waals surface area contributed by atoms with Gasteiger partial charge in [-0.15, -0.1) is 0 Å². The molecule has 0 N–H and O–H groups in total. The Morgan fingerprint density at radius 2 is 1.90 bits per heavy atom. The van der Waals surface area contributed by atoms with Crippen LogP contribution in [0.5, 0.6) is 11.5 Å². The molecule has 2 aliphatic rings. The predicted molar refractivity (Wildman–Crippen MR) is 82.8 cm³/mol. The van der Waals surface area contributed by atoms with Gasteiger partial charge in [0.2, 0.25) is 0 Å². The summed E-state index contributed by atoms with van der Waals surface area (Å²) in [6.45, 7) is 2.22. The zero-order chi connectivity index (χ0) is 15.0. The first-order valence-electron chi connectivity index (χ1n) is 7.64. The van der Waals surface area contributed by atoms with Crippen molar-refractivity contribution in [2.75, 3.05) is 14.2 Å². The Kier molecular flexibility index (Phi) is 3.52. The van der Waals surface area contributed by atoms with Crippen LogP contribution in [0, 0.1) is 5.41 Å². The molecule has 1 aromatic carbocycles. The lowest BCUT2D eigenvalue weighted by atomic mass is 9.61.